The van der Waals surface area contributed by atoms with Gasteiger partial charge in [0.05, 0.1) is 24.6 Å². The van der Waals surface area contributed by atoms with Gasteiger partial charge in [-0.1, -0.05) is 42.5 Å². The molecule has 3 fully saturated rings. The highest BCUT2D eigenvalue weighted by molar-refractivity contribution is 6.23. The molecule has 5 atom stereocenters. The van der Waals surface area contributed by atoms with E-state index >= 15 is 0 Å². The lowest BCUT2D eigenvalue weighted by Crippen LogP contribution is -2.33. The topological polar surface area (TPSA) is 46.6 Å². The number of nitrogens with zero attached hydrogens (tertiary/aromatic N) is 1. The zero-order valence-electron chi connectivity index (χ0n) is 14.7. The summed E-state index contributed by atoms with van der Waals surface area (Å²) >= 11 is 0. The van der Waals surface area contributed by atoms with Crippen LogP contribution in [-0.2, 0) is 9.59 Å². The Balaban J connectivity index is 1.51. The quantitative estimate of drug-likeness (QED) is 0.797. The Kier molecular flexibility index (Phi) is 3.42. The first-order valence-electron chi connectivity index (χ1n) is 9.26. The van der Waals surface area contributed by atoms with Crippen molar-refractivity contribution in [2.45, 2.75) is 18.8 Å². The van der Waals surface area contributed by atoms with E-state index < -0.39 is 0 Å². The van der Waals surface area contributed by atoms with E-state index in [9.17, 15) is 9.59 Å². The van der Waals surface area contributed by atoms with Crippen LogP contribution in [0.15, 0.2) is 54.6 Å². The molecule has 132 valence electrons. The van der Waals surface area contributed by atoms with Crippen LogP contribution in [0.5, 0.6) is 5.75 Å². The maximum atomic E-state index is 13.3. The molecule has 1 saturated heterocycles. The Labute approximate surface area is 152 Å². The Morgan fingerprint density at radius 1 is 0.885 bits per heavy atom. The second-order valence-corrected chi connectivity index (χ2v) is 7.65. The van der Waals surface area contributed by atoms with Gasteiger partial charge in [0, 0.05) is 0 Å². The molecule has 4 nitrogen and oxygen atoms in total. The SMILES string of the molecule is COc1ccccc1N1C(=O)[C@H]2[C@H]3C[C@@H]([C@@H]2C1=O)[C@H](c1ccccc1)C3. The molecule has 1 aliphatic heterocycles. The number of rotatable bonds is 3. The van der Waals surface area contributed by atoms with Crippen LogP contribution in [0.3, 0.4) is 0 Å². The number of ether oxygens (including phenoxy) is 1. The number of hydrogen-bond acceptors (Lipinski definition) is 3. The lowest BCUT2D eigenvalue weighted by Gasteiger charge is -2.28. The molecule has 0 aromatic heterocycles. The minimum absolute atomic E-state index is 0.0384. The first-order valence-corrected chi connectivity index (χ1v) is 9.26. The molecule has 5 rings (SSSR count). The standard InChI is InChI=1S/C22H21NO3/c1-26-18-10-6-5-9-17(18)23-21(24)19-14-11-15(13-7-3-2-4-8-13)16(12-14)20(19)22(23)25/h2-10,14-16,19-20H,11-12H2,1H3/t14-,15+,16-,19+,20+/m1/s1. The maximum Gasteiger partial charge on any atom is 0.238 e. The van der Waals surface area contributed by atoms with E-state index in [4.69, 9.17) is 4.74 Å². The van der Waals surface area contributed by atoms with Crippen LogP contribution in [0.25, 0.3) is 0 Å². The lowest BCUT2D eigenvalue weighted by atomic mass is 9.73. The van der Waals surface area contributed by atoms with Crippen molar-refractivity contribution in [1.29, 1.82) is 0 Å². The molecule has 1 heterocycles. The van der Waals surface area contributed by atoms with E-state index in [0.29, 0.717) is 23.3 Å². The maximum absolute atomic E-state index is 13.3. The van der Waals surface area contributed by atoms with Crippen molar-refractivity contribution >= 4 is 17.5 Å². The summed E-state index contributed by atoms with van der Waals surface area (Å²) in [5.74, 6) is 1.11. The molecule has 0 N–H and O–H groups in total. The van der Waals surface area contributed by atoms with Crippen LogP contribution in [0.4, 0.5) is 5.69 Å². The average Bonchev–Trinajstić information content (AvgIpc) is 3.34. The summed E-state index contributed by atoms with van der Waals surface area (Å²) in [6, 6.07) is 17.7. The van der Waals surface area contributed by atoms with E-state index in [1.807, 2.05) is 18.2 Å². The van der Waals surface area contributed by atoms with Gasteiger partial charge in [-0.2, -0.15) is 0 Å². The van der Waals surface area contributed by atoms with Crippen molar-refractivity contribution in [2.24, 2.45) is 23.7 Å². The molecule has 0 radical (unpaired) electrons. The summed E-state index contributed by atoms with van der Waals surface area (Å²) in [4.78, 5) is 27.8. The highest BCUT2D eigenvalue weighted by Gasteiger charge is 2.64. The minimum Gasteiger partial charge on any atom is -0.495 e. The fraction of sp³-hybridized carbons (Fsp3) is 0.364. The third kappa shape index (κ3) is 2.02. The van der Waals surface area contributed by atoms with Crippen molar-refractivity contribution in [2.75, 3.05) is 12.0 Å². The molecule has 2 aromatic rings. The van der Waals surface area contributed by atoms with Gasteiger partial charge in [0.15, 0.2) is 0 Å². The number of methoxy groups -OCH3 is 1. The van der Waals surface area contributed by atoms with Gasteiger partial charge in [0.2, 0.25) is 11.8 Å². The fourth-order valence-corrected chi connectivity index (χ4v) is 5.59. The molecule has 2 saturated carbocycles. The number of para-hydroxylation sites is 2. The molecule has 2 aliphatic carbocycles. The summed E-state index contributed by atoms with van der Waals surface area (Å²) < 4.78 is 5.39. The highest BCUT2D eigenvalue weighted by Crippen LogP contribution is 2.62. The van der Waals surface area contributed by atoms with Crippen LogP contribution in [-0.4, -0.2) is 18.9 Å². The van der Waals surface area contributed by atoms with Gasteiger partial charge >= 0.3 is 0 Å². The lowest BCUT2D eigenvalue weighted by molar-refractivity contribution is -0.123. The van der Waals surface area contributed by atoms with Gasteiger partial charge in [-0.25, -0.2) is 4.90 Å². The number of amides is 2. The first-order chi connectivity index (χ1) is 12.7. The second kappa shape index (κ2) is 5.70. The third-order valence-corrected chi connectivity index (χ3v) is 6.57. The Morgan fingerprint density at radius 2 is 1.58 bits per heavy atom. The average molecular weight is 347 g/mol. The highest BCUT2D eigenvalue weighted by atomic mass is 16.5. The Morgan fingerprint density at radius 3 is 2.35 bits per heavy atom. The van der Waals surface area contributed by atoms with Crippen LogP contribution in [0, 0.1) is 23.7 Å². The normalized spacial score (nSPS) is 32.2. The van der Waals surface area contributed by atoms with E-state index in [1.54, 1.807) is 19.2 Å². The second-order valence-electron chi connectivity index (χ2n) is 7.65. The molecular weight excluding hydrogens is 326 g/mol. The number of carbonyl (C=O) groups excluding carboxylic acids is 2. The van der Waals surface area contributed by atoms with Gasteiger partial charge in [0.25, 0.3) is 0 Å². The Hall–Kier alpha value is -2.62. The van der Waals surface area contributed by atoms with Crippen LogP contribution < -0.4 is 9.64 Å². The number of carbonyl (C=O) groups is 2. The van der Waals surface area contributed by atoms with Gasteiger partial charge in [-0.05, 0) is 48.3 Å². The van der Waals surface area contributed by atoms with E-state index in [0.717, 1.165) is 12.8 Å². The smallest absolute Gasteiger partial charge is 0.238 e. The number of fused-ring (bicyclic) bond motifs is 5. The first kappa shape index (κ1) is 15.6. The molecule has 3 aliphatic rings. The van der Waals surface area contributed by atoms with E-state index in [-0.39, 0.29) is 29.6 Å². The zero-order chi connectivity index (χ0) is 17.8. The van der Waals surface area contributed by atoms with E-state index in [1.165, 1.54) is 10.5 Å². The summed E-state index contributed by atoms with van der Waals surface area (Å²) in [6.45, 7) is 0. The molecule has 0 unspecified atom stereocenters. The van der Waals surface area contributed by atoms with E-state index in [2.05, 4.69) is 24.3 Å². The monoisotopic (exact) mass is 347 g/mol. The predicted molar refractivity (Wildman–Crippen MR) is 97.9 cm³/mol. The van der Waals surface area contributed by atoms with Crippen LogP contribution in [0.1, 0.15) is 24.3 Å². The number of benzene rings is 2. The van der Waals surface area contributed by atoms with Crippen molar-refractivity contribution in [1.82, 2.24) is 0 Å². The molecule has 26 heavy (non-hydrogen) atoms. The largest absolute Gasteiger partial charge is 0.495 e. The number of imide groups is 1. The molecule has 2 amide bonds. The summed E-state index contributed by atoms with van der Waals surface area (Å²) in [7, 11) is 1.57. The summed E-state index contributed by atoms with van der Waals surface area (Å²) in [6.07, 6.45) is 2.00. The number of hydrogen-bond donors (Lipinski definition) is 0. The zero-order valence-corrected chi connectivity index (χ0v) is 14.7. The van der Waals surface area contributed by atoms with Gasteiger partial charge < -0.3 is 4.74 Å². The molecule has 2 aromatic carbocycles. The van der Waals surface area contributed by atoms with Crippen molar-refractivity contribution in [3.8, 4) is 5.75 Å². The van der Waals surface area contributed by atoms with Crippen LogP contribution in [0.2, 0.25) is 0 Å². The Bertz CT molecular complexity index is 878. The van der Waals surface area contributed by atoms with Crippen molar-refractivity contribution < 1.29 is 14.3 Å². The minimum atomic E-state index is -0.184. The van der Waals surface area contributed by atoms with Gasteiger partial charge in [-0.3, -0.25) is 9.59 Å². The molecule has 4 heteroatoms. The van der Waals surface area contributed by atoms with Gasteiger partial charge in [0.1, 0.15) is 5.75 Å². The summed E-state index contributed by atoms with van der Waals surface area (Å²) in [5, 5.41) is 0. The third-order valence-electron chi connectivity index (χ3n) is 6.57. The van der Waals surface area contributed by atoms with Crippen LogP contribution >= 0.6 is 0 Å². The van der Waals surface area contributed by atoms with Crippen molar-refractivity contribution in [3.05, 3.63) is 60.2 Å². The van der Waals surface area contributed by atoms with Gasteiger partial charge in [-0.15, -0.1) is 0 Å². The summed E-state index contributed by atoms with van der Waals surface area (Å²) in [5.41, 5.74) is 1.88. The fourth-order valence-electron chi connectivity index (χ4n) is 5.59. The number of anilines is 1. The van der Waals surface area contributed by atoms with Crippen molar-refractivity contribution in [3.63, 3.8) is 0 Å². The molecule has 2 bridgehead atoms. The predicted octanol–water partition coefficient (Wildman–Crippen LogP) is 3.62. The molecular formula is C22H21NO3. The molecule has 0 spiro atoms.